The van der Waals surface area contributed by atoms with Crippen molar-refractivity contribution < 1.29 is 18.0 Å². The molecule has 0 saturated carbocycles. The van der Waals surface area contributed by atoms with Crippen LogP contribution in [0.15, 0.2) is 47.5 Å². The average Bonchev–Trinajstić information content (AvgIpc) is 3.23. The summed E-state index contributed by atoms with van der Waals surface area (Å²) in [5, 5.41) is 5.33. The Labute approximate surface area is 187 Å². The molecule has 0 aliphatic carbocycles. The van der Waals surface area contributed by atoms with Crippen LogP contribution >= 0.6 is 0 Å². The van der Waals surface area contributed by atoms with Crippen molar-refractivity contribution in [1.82, 2.24) is 20.3 Å². The van der Waals surface area contributed by atoms with Gasteiger partial charge in [0.15, 0.2) is 5.96 Å². The number of carbonyl (C=O) groups excluding carboxylic acids is 2. The van der Waals surface area contributed by atoms with E-state index in [1.807, 2.05) is 30.3 Å². The Morgan fingerprint density at radius 2 is 1.81 bits per heavy atom. The lowest BCUT2D eigenvalue weighted by Crippen LogP contribution is -2.48. The van der Waals surface area contributed by atoms with Gasteiger partial charge in [0, 0.05) is 25.3 Å². The lowest BCUT2D eigenvalue weighted by atomic mass is 10.1. The maximum absolute atomic E-state index is 12.7. The van der Waals surface area contributed by atoms with E-state index in [-0.39, 0.29) is 19.0 Å². The SMILES string of the molecule is CS(=O)(=O)NCCNC(=O)[C@H](CCCN=C(N)N)NC(=O)c1ccc(-c2ccccc2)[nH]1. The fourth-order valence-corrected chi connectivity index (χ4v) is 3.34. The van der Waals surface area contributed by atoms with Crippen molar-refractivity contribution in [1.29, 1.82) is 0 Å². The number of aromatic amines is 1. The molecular weight excluding hydrogens is 434 g/mol. The van der Waals surface area contributed by atoms with E-state index in [1.54, 1.807) is 12.1 Å². The fraction of sp³-hybridized carbons (Fsp3) is 0.350. The Balaban J connectivity index is 2.01. The molecule has 0 aliphatic heterocycles. The van der Waals surface area contributed by atoms with Crippen LogP contribution < -0.4 is 26.8 Å². The first-order valence-corrected chi connectivity index (χ1v) is 11.9. The van der Waals surface area contributed by atoms with Crippen molar-refractivity contribution in [2.75, 3.05) is 25.9 Å². The highest BCUT2D eigenvalue weighted by Gasteiger charge is 2.22. The number of guanidine groups is 1. The minimum absolute atomic E-state index is 0.0380. The van der Waals surface area contributed by atoms with Gasteiger partial charge in [0.25, 0.3) is 5.91 Å². The Morgan fingerprint density at radius 3 is 2.47 bits per heavy atom. The molecule has 8 N–H and O–H groups in total. The molecule has 0 spiro atoms. The summed E-state index contributed by atoms with van der Waals surface area (Å²) in [6.07, 6.45) is 1.78. The second-order valence-electron chi connectivity index (χ2n) is 7.08. The maximum atomic E-state index is 12.7. The largest absolute Gasteiger partial charge is 0.370 e. The molecule has 0 unspecified atom stereocenters. The van der Waals surface area contributed by atoms with Crippen molar-refractivity contribution >= 4 is 27.8 Å². The number of hydrogen-bond donors (Lipinski definition) is 6. The first-order chi connectivity index (χ1) is 15.2. The molecule has 32 heavy (non-hydrogen) atoms. The normalized spacial score (nSPS) is 12.0. The number of aromatic nitrogens is 1. The summed E-state index contributed by atoms with van der Waals surface area (Å²) in [6, 6.07) is 12.1. The van der Waals surface area contributed by atoms with Crippen molar-refractivity contribution in [3.05, 3.63) is 48.2 Å². The number of benzene rings is 1. The van der Waals surface area contributed by atoms with Gasteiger partial charge in [0.05, 0.1) is 6.26 Å². The van der Waals surface area contributed by atoms with E-state index >= 15 is 0 Å². The van der Waals surface area contributed by atoms with E-state index in [0.717, 1.165) is 17.5 Å². The summed E-state index contributed by atoms with van der Waals surface area (Å²) in [5.41, 5.74) is 12.6. The molecule has 12 heteroatoms. The second kappa shape index (κ2) is 11.9. The molecule has 1 aromatic heterocycles. The molecule has 0 bridgehead atoms. The van der Waals surface area contributed by atoms with E-state index in [4.69, 9.17) is 11.5 Å². The summed E-state index contributed by atoms with van der Waals surface area (Å²) in [5.74, 6) is -0.932. The van der Waals surface area contributed by atoms with Crippen LogP contribution in [0.1, 0.15) is 23.3 Å². The van der Waals surface area contributed by atoms with Crippen LogP contribution in [0, 0.1) is 0 Å². The van der Waals surface area contributed by atoms with E-state index in [0.29, 0.717) is 25.1 Å². The van der Waals surface area contributed by atoms with Gasteiger partial charge in [-0.2, -0.15) is 0 Å². The summed E-state index contributed by atoms with van der Waals surface area (Å²) in [6.45, 7) is 0.418. The predicted molar refractivity (Wildman–Crippen MR) is 123 cm³/mol. The van der Waals surface area contributed by atoms with Crippen molar-refractivity contribution in [2.45, 2.75) is 18.9 Å². The van der Waals surface area contributed by atoms with Crippen molar-refractivity contribution in [3.8, 4) is 11.3 Å². The number of H-pyrrole nitrogens is 1. The number of amides is 2. The van der Waals surface area contributed by atoms with Crippen molar-refractivity contribution in [3.63, 3.8) is 0 Å². The number of sulfonamides is 1. The third-order valence-electron chi connectivity index (χ3n) is 4.37. The number of rotatable bonds is 12. The molecule has 0 fully saturated rings. The van der Waals surface area contributed by atoms with Gasteiger partial charge in [-0.25, -0.2) is 13.1 Å². The smallest absolute Gasteiger partial charge is 0.268 e. The summed E-state index contributed by atoms with van der Waals surface area (Å²) in [4.78, 5) is 32.2. The third kappa shape index (κ3) is 8.78. The zero-order valence-corrected chi connectivity index (χ0v) is 18.6. The predicted octanol–water partition coefficient (Wildman–Crippen LogP) is -0.501. The molecule has 0 radical (unpaired) electrons. The molecule has 11 nitrogen and oxygen atoms in total. The Hall–Kier alpha value is -3.38. The molecule has 0 aliphatic rings. The second-order valence-corrected chi connectivity index (χ2v) is 8.92. The van der Waals surface area contributed by atoms with Gasteiger partial charge in [0.2, 0.25) is 15.9 Å². The summed E-state index contributed by atoms with van der Waals surface area (Å²) < 4.78 is 24.5. The van der Waals surface area contributed by atoms with Gasteiger partial charge in [-0.3, -0.25) is 14.6 Å². The van der Waals surface area contributed by atoms with Gasteiger partial charge in [-0.05, 0) is 30.5 Å². The van der Waals surface area contributed by atoms with Crippen LogP contribution in [0.5, 0.6) is 0 Å². The van der Waals surface area contributed by atoms with Crippen LogP contribution in [-0.2, 0) is 14.8 Å². The molecule has 1 atom stereocenters. The van der Waals surface area contributed by atoms with Crippen molar-refractivity contribution in [2.24, 2.45) is 16.5 Å². The highest BCUT2D eigenvalue weighted by Crippen LogP contribution is 2.18. The number of nitrogens with zero attached hydrogens (tertiary/aromatic N) is 1. The van der Waals surface area contributed by atoms with E-state index in [1.165, 1.54) is 0 Å². The lowest BCUT2D eigenvalue weighted by molar-refractivity contribution is -0.123. The molecule has 1 heterocycles. The molecule has 174 valence electrons. The molecular formula is C20H29N7O4S. The Morgan fingerprint density at radius 1 is 1.09 bits per heavy atom. The van der Waals surface area contributed by atoms with Gasteiger partial charge in [-0.15, -0.1) is 0 Å². The van der Waals surface area contributed by atoms with E-state index in [9.17, 15) is 18.0 Å². The highest BCUT2D eigenvalue weighted by atomic mass is 32.2. The molecule has 2 amide bonds. The standard InChI is InChI=1S/C20H29N7O4S/c1-32(30,31)25-13-12-23-18(28)16(8-5-11-24-20(21)22)27-19(29)17-10-9-15(26-17)14-6-3-2-4-7-14/h2-4,6-7,9-10,16,25-26H,5,8,11-13H2,1H3,(H,23,28)(H,27,29)(H4,21,22,24)/t16-/m0/s1. The van der Waals surface area contributed by atoms with Crippen LogP contribution in [-0.4, -0.2) is 63.1 Å². The van der Waals surface area contributed by atoms with Gasteiger partial charge in [-0.1, -0.05) is 30.3 Å². The minimum Gasteiger partial charge on any atom is -0.370 e. The maximum Gasteiger partial charge on any atom is 0.268 e. The summed E-state index contributed by atoms with van der Waals surface area (Å²) in [7, 11) is -3.36. The fourth-order valence-electron chi connectivity index (χ4n) is 2.87. The van der Waals surface area contributed by atoms with E-state index in [2.05, 4.69) is 25.3 Å². The first kappa shape index (κ1) is 24.9. The lowest BCUT2D eigenvalue weighted by Gasteiger charge is -2.18. The minimum atomic E-state index is -3.36. The zero-order chi connectivity index (χ0) is 23.6. The number of aliphatic imine (C=N–C) groups is 1. The van der Waals surface area contributed by atoms with E-state index < -0.39 is 27.9 Å². The van der Waals surface area contributed by atoms with Gasteiger partial charge < -0.3 is 27.1 Å². The third-order valence-corrected chi connectivity index (χ3v) is 5.10. The highest BCUT2D eigenvalue weighted by molar-refractivity contribution is 7.88. The van der Waals surface area contributed by atoms with Crippen LogP contribution in [0.2, 0.25) is 0 Å². The topological polar surface area (TPSA) is 185 Å². The first-order valence-electron chi connectivity index (χ1n) is 9.99. The zero-order valence-electron chi connectivity index (χ0n) is 17.8. The van der Waals surface area contributed by atoms with Crippen LogP contribution in [0.3, 0.4) is 0 Å². The average molecular weight is 464 g/mol. The number of nitrogens with one attached hydrogen (secondary N) is 4. The van der Waals surface area contributed by atoms with Gasteiger partial charge >= 0.3 is 0 Å². The monoisotopic (exact) mass is 463 g/mol. The number of hydrogen-bond acceptors (Lipinski definition) is 5. The van der Waals surface area contributed by atoms with Crippen LogP contribution in [0.25, 0.3) is 11.3 Å². The summed E-state index contributed by atoms with van der Waals surface area (Å²) >= 11 is 0. The number of carbonyl (C=O) groups is 2. The Bertz CT molecular complexity index is 1030. The van der Waals surface area contributed by atoms with Crippen LogP contribution in [0.4, 0.5) is 0 Å². The molecule has 2 aromatic rings. The molecule has 2 rings (SSSR count). The van der Waals surface area contributed by atoms with Gasteiger partial charge in [0.1, 0.15) is 11.7 Å². The Kier molecular flexibility index (Phi) is 9.22. The molecule has 1 aromatic carbocycles. The number of nitrogens with two attached hydrogens (primary N) is 2. The quantitative estimate of drug-likeness (QED) is 0.140. The molecule has 0 saturated heterocycles.